The normalized spacial score (nSPS) is 26.5. The van der Waals surface area contributed by atoms with E-state index in [1.165, 1.54) is 18.9 Å². The molecule has 2 aliphatic rings. The molecule has 1 saturated carbocycles. The Morgan fingerprint density at radius 1 is 1.20 bits per heavy atom. The van der Waals surface area contributed by atoms with Crippen molar-refractivity contribution >= 4 is 18.2 Å². The third-order valence-electron chi connectivity index (χ3n) is 3.99. The van der Waals surface area contributed by atoms with Gasteiger partial charge in [0.05, 0.1) is 0 Å². The van der Waals surface area contributed by atoms with Gasteiger partial charge in [-0.1, -0.05) is 6.07 Å². The van der Waals surface area contributed by atoms with Crippen molar-refractivity contribution in [3.63, 3.8) is 0 Å². The van der Waals surface area contributed by atoms with Gasteiger partial charge in [0.25, 0.3) is 0 Å². The lowest BCUT2D eigenvalue weighted by Crippen LogP contribution is -2.30. The summed E-state index contributed by atoms with van der Waals surface area (Å²) in [5, 5.41) is 0. The highest BCUT2D eigenvalue weighted by molar-refractivity contribution is 5.85. The molecule has 1 saturated heterocycles. The molecule has 0 unspecified atom stereocenters. The quantitative estimate of drug-likeness (QED) is 0.913. The average molecular weight is 308 g/mol. The zero-order valence-corrected chi connectivity index (χ0v) is 11.6. The highest BCUT2D eigenvalue weighted by atomic mass is 35.5. The molecule has 0 aromatic carbocycles. The van der Waals surface area contributed by atoms with Gasteiger partial charge in [-0.25, -0.2) is 4.98 Å². The van der Waals surface area contributed by atoms with Gasteiger partial charge in [-0.05, 0) is 36.8 Å². The van der Waals surface area contributed by atoms with Crippen LogP contribution < -0.4 is 10.6 Å². The molecule has 20 heavy (non-hydrogen) atoms. The van der Waals surface area contributed by atoms with Gasteiger partial charge < -0.3 is 10.6 Å². The van der Waals surface area contributed by atoms with E-state index in [2.05, 4.69) is 4.98 Å². The maximum atomic E-state index is 12.6. The minimum atomic E-state index is -4.40. The van der Waals surface area contributed by atoms with Crippen LogP contribution in [0.5, 0.6) is 0 Å². The summed E-state index contributed by atoms with van der Waals surface area (Å²) < 4.78 is 37.9. The van der Waals surface area contributed by atoms with Crippen LogP contribution in [0.15, 0.2) is 18.2 Å². The summed E-state index contributed by atoms with van der Waals surface area (Å²) in [7, 11) is 0. The molecule has 0 spiro atoms. The SMILES string of the molecule is Cl.N[C@H]1CN(c2cccc(C(F)(F)F)n2)C[C@@H]1C1CC1. The van der Waals surface area contributed by atoms with Gasteiger partial charge in [0.15, 0.2) is 0 Å². The van der Waals surface area contributed by atoms with E-state index < -0.39 is 11.9 Å². The summed E-state index contributed by atoms with van der Waals surface area (Å²) in [6.07, 6.45) is -2.00. The molecule has 1 aromatic rings. The fourth-order valence-electron chi connectivity index (χ4n) is 2.82. The number of anilines is 1. The number of aromatic nitrogens is 1. The van der Waals surface area contributed by atoms with Crippen LogP contribution in [0.1, 0.15) is 18.5 Å². The van der Waals surface area contributed by atoms with Gasteiger partial charge in [-0.2, -0.15) is 13.2 Å². The number of alkyl halides is 3. The fraction of sp³-hybridized carbons (Fsp3) is 0.615. The largest absolute Gasteiger partial charge is 0.433 e. The van der Waals surface area contributed by atoms with Crippen LogP contribution in [0.3, 0.4) is 0 Å². The van der Waals surface area contributed by atoms with Crippen molar-refractivity contribution in [2.45, 2.75) is 25.1 Å². The molecule has 3 rings (SSSR count). The molecular weight excluding hydrogens is 291 g/mol. The van der Waals surface area contributed by atoms with Gasteiger partial charge in [-0.15, -0.1) is 12.4 Å². The number of halogens is 4. The third kappa shape index (κ3) is 3.01. The number of rotatable bonds is 2. The molecule has 0 bridgehead atoms. The fourth-order valence-corrected chi connectivity index (χ4v) is 2.82. The van der Waals surface area contributed by atoms with Crippen LogP contribution in [-0.2, 0) is 6.18 Å². The summed E-state index contributed by atoms with van der Waals surface area (Å²) in [4.78, 5) is 5.60. The Labute approximate surface area is 121 Å². The first-order valence-electron chi connectivity index (χ1n) is 6.50. The molecular formula is C13H17ClF3N3. The van der Waals surface area contributed by atoms with Crippen molar-refractivity contribution in [3.8, 4) is 0 Å². The zero-order valence-electron chi connectivity index (χ0n) is 10.8. The van der Waals surface area contributed by atoms with Crippen molar-refractivity contribution in [1.82, 2.24) is 4.98 Å². The van der Waals surface area contributed by atoms with Crippen molar-refractivity contribution in [2.75, 3.05) is 18.0 Å². The Morgan fingerprint density at radius 2 is 1.90 bits per heavy atom. The number of nitrogens with zero attached hydrogens (tertiary/aromatic N) is 2. The number of hydrogen-bond donors (Lipinski definition) is 1. The van der Waals surface area contributed by atoms with Gasteiger partial charge in [0.1, 0.15) is 11.5 Å². The van der Waals surface area contributed by atoms with E-state index in [1.807, 2.05) is 4.90 Å². The van der Waals surface area contributed by atoms with Crippen LogP contribution in [-0.4, -0.2) is 24.1 Å². The predicted molar refractivity (Wildman–Crippen MR) is 72.9 cm³/mol. The van der Waals surface area contributed by atoms with Gasteiger partial charge >= 0.3 is 6.18 Å². The number of nitrogens with two attached hydrogens (primary N) is 1. The van der Waals surface area contributed by atoms with Crippen molar-refractivity contribution < 1.29 is 13.2 Å². The molecule has 2 heterocycles. The number of pyridine rings is 1. The molecule has 2 N–H and O–H groups in total. The molecule has 7 heteroatoms. The van der Waals surface area contributed by atoms with E-state index in [0.29, 0.717) is 24.2 Å². The lowest BCUT2D eigenvalue weighted by Gasteiger charge is -2.18. The molecule has 0 radical (unpaired) electrons. The van der Waals surface area contributed by atoms with E-state index >= 15 is 0 Å². The van der Waals surface area contributed by atoms with Gasteiger partial charge in [0, 0.05) is 19.1 Å². The van der Waals surface area contributed by atoms with Gasteiger partial charge in [0.2, 0.25) is 0 Å². The lowest BCUT2D eigenvalue weighted by molar-refractivity contribution is -0.141. The van der Waals surface area contributed by atoms with E-state index in [9.17, 15) is 13.2 Å². The topological polar surface area (TPSA) is 42.1 Å². The summed E-state index contributed by atoms with van der Waals surface area (Å²) in [6.45, 7) is 1.32. The monoisotopic (exact) mass is 307 g/mol. The average Bonchev–Trinajstić information content (AvgIpc) is 3.12. The standard InChI is InChI=1S/C13H16F3N3.ClH/c14-13(15,16)11-2-1-3-12(18-11)19-6-9(8-4-5-8)10(17)7-19;/h1-3,8-10H,4-7,17H2;1H/t9-,10+;/m1./s1. The zero-order chi connectivity index (χ0) is 13.6. The van der Waals surface area contributed by atoms with Crippen LogP contribution >= 0.6 is 12.4 Å². The Morgan fingerprint density at radius 3 is 2.50 bits per heavy atom. The highest BCUT2D eigenvalue weighted by Crippen LogP contribution is 2.41. The molecule has 1 aliphatic heterocycles. The van der Waals surface area contributed by atoms with Crippen LogP contribution in [0.2, 0.25) is 0 Å². The molecule has 0 amide bonds. The van der Waals surface area contributed by atoms with Gasteiger partial charge in [-0.3, -0.25) is 0 Å². The minimum Gasteiger partial charge on any atom is -0.355 e. The Hall–Kier alpha value is -1.01. The maximum absolute atomic E-state index is 12.6. The number of hydrogen-bond acceptors (Lipinski definition) is 3. The molecule has 1 aliphatic carbocycles. The van der Waals surface area contributed by atoms with Crippen LogP contribution in [0.25, 0.3) is 0 Å². The predicted octanol–water partition coefficient (Wildman–Crippen LogP) is 2.70. The Kier molecular flexibility index (Phi) is 4.16. The summed E-state index contributed by atoms with van der Waals surface area (Å²) >= 11 is 0. The van der Waals surface area contributed by atoms with E-state index in [1.54, 1.807) is 6.07 Å². The first-order valence-corrected chi connectivity index (χ1v) is 6.50. The molecule has 2 fully saturated rings. The second kappa shape index (κ2) is 5.41. The second-order valence-corrected chi connectivity index (χ2v) is 5.45. The van der Waals surface area contributed by atoms with E-state index in [-0.39, 0.29) is 18.4 Å². The van der Waals surface area contributed by atoms with Crippen molar-refractivity contribution in [1.29, 1.82) is 0 Å². The van der Waals surface area contributed by atoms with Crippen molar-refractivity contribution in [2.24, 2.45) is 17.6 Å². The molecule has 3 nitrogen and oxygen atoms in total. The van der Waals surface area contributed by atoms with Crippen molar-refractivity contribution in [3.05, 3.63) is 23.9 Å². The summed E-state index contributed by atoms with van der Waals surface area (Å²) in [5.41, 5.74) is 5.24. The molecule has 1 aromatic heterocycles. The second-order valence-electron chi connectivity index (χ2n) is 5.45. The van der Waals surface area contributed by atoms with E-state index in [4.69, 9.17) is 5.73 Å². The Bertz CT molecular complexity index is 476. The third-order valence-corrected chi connectivity index (χ3v) is 3.99. The maximum Gasteiger partial charge on any atom is 0.433 e. The smallest absolute Gasteiger partial charge is 0.355 e. The first-order chi connectivity index (χ1) is 8.95. The minimum absolute atomic E-state index is 0. The van der Waals surface area contributed by atoms with Crippen LogP contribution in [0, 0.1) is 11.8 Å². The summed E-state index contributed by atoms with van der Waals surface area (Å²) in [5.74, 6) is 1.44. The summed E-state index contributed by atoms with van der Waals surface area (Å²) in [6, 6.07) is 4.07. The Balaban J connectivity index is 0.00000147. The highest BCUT2D eigenvalue weighted by Gasteiger charge is 2.41. The lowest BCUT2D eigenvalue weighted by atomic mass is 9.99. The first kappa shape index (κ1) is 15.4. The molecule has 2 atom stereocenters. The molecule has 112 valence electrons. The van der Waals surface area contributed by atoms with Crippen LogP contribution in [0.4, 0.5) is 19.0 Å². The van der Waals surface area contributed by atoms with E-state index in [0.717, 1.165) is 12.6 Å².